The highest BCUT2D eigenvalue weighted by atomic mass is 16.5. The number of fused-ring (bicyclic) bond motifs is 1. The summed E-state index contributed by atoms with van der Waals surface area (Å²) in [6.45, 7) is 9.31. The topological polar surface area (TPSA) is 63.6 Å². The molecular formula is C31H33N3O2. The van der Waals surface area contributed by atoms with Crippen molar-refractivity contribution in [3.05, 3.63) is 95.6 Å². The number of nitrogens with zero attached hydrogens (tertiary/aromatic N) is 2. The van der Waals surface area contributed by atoms with Gasteiger partial charge in [0.1, 0.15) is 5.75 Å². The molecule has 0 aliphatic rings. The van der Waals surface area contributed by atoms with Crippen LogP contribution >= 0.6 is 0 Å². The highest BCUT2D eigenvalue weighted by molar-refractivity contribution is 6.07. The predicted molar refractivity (Wildman–Crippen MR) is 148 cm³/mol. The second-order valence-electron chi connectivity index (χ2n) is 9.48. The van der Waals surface area contributed by atoms with Gasteiger partial charge in [0.05, 0.1) is 29.6 Å². The van der Waals surface area contributed by atoms with Gasteiger partial charge < -0.3 is 4.74 Å². The Morgan fingerprint density at radius 1 is 1.00 bits per heavy atom. The highest BCUT2D eigenvalue weighted by Gasteiger charge is 2.14. The van der Waals surface area contributed by atoms with Crippen LogP contribution in [0.4, 0.5) is 0 Å². The lowest BCUT2D eigenvalue weighted by atomic mass is 9.96. The molecule has 4 aromatic rings. The fourth-order valence-electron chi connectivity index (χ4n) is 3.87. The summed E-state index contributed by atoms with van der Waals surface area (Å²) in [7, 11) is 0. The number of amides is 1. The van der Waals surface area contributed by atoms with E-state index in [9.17, 15) is 4.79 Å². The molecule has 0 unspecified atom stereocenters. The minimum absolute atomic E-state index is 0.279. The van der Waals surface area contributed by atoms with E-state index in [0.29, 0.717) is 24.0 Å². The fraction of sp³-hybridized carbons (Fsp3) is 0.258. The molecule has 0 saturated carbocycles. The van der Waals surface area contributed by atoms with Gasteiger partial charge in [0.15, 0.2) is 0 Å². The van der Waals surface area contributed by atoms with Crippen molar-refractivity contribution in [3.63, 3.8) is 0 Å². The zero-order chi connectivity index (χ0) is 25.5. The smallest absolute Gasteiger partial charge is 0.272 e. The third-order valence-electron chi connectivity index (χ3n) is 6.19. The van der Waals surface area contributed by atoms with Crippen LogP contribution in [0.3, 0.4) is 0 Å². The number of ether oxygens (including phenoxy) is 1. The number of aromatic nitrogens is 1. The third kappa shape index (κ3) is 6.16. The van der Waals surface area contributed by atoms with Crippen molar-refractivity contribution in [2.45, 2.75) is 40.0 Å². The highest BCUT2D eigenvalue weighted by Crippen LogP contribution is 2.27. The van der Waals surface area contributed by atoms with Gasteiger partial charge in [-0.1, -0.05) is 70.2 Å². The molecule has 0 bridgehead atoms. The predicted octanol–water partition coefficient (Wildman–Crippen LogP) is 7.21. The van der Waals surface area contributed by atoms with Crippen molar-refractivity contribution < 1.29 is 9.53 Å². The fourth-order valence-corrected chi connectivity index (χ4v) is 3.87. The molecule has 1 amide bonds. The molecule has 3 aromatic carbocycles. The summed E-state index contributed by atoms with van der Waals surface area (Å²) < 4.78 is 5.72. The van der Waals surface area contributed by atoms with Gasteiger partial charge in [-0.15, -0.1) is 0 Å². The zero-order valence-electron chi connectivity index (χ0n) is 21.4. The maximum atomic E-state index is 13.1. The first-order chi connectivity index (χ1) is 17.4. The number of carbonyl (C=O) groups is 1. The van der Waals surface area contributed by atoms with E-state index in [1.807, 2.05) is 54.6 Å². The molecule has 0 aliphatic heterocycles. The Balaban J connectivity index is 1.53. The number of hydrogen-bond acceptors (Lipinski definition) is 4. The number of nitrogens with one attached hydrogen (secondary N) is 1. The molecule has 0 aliphatic carbocycles. The number of pyridine rings is 1. The van der Waals surface area contributed by atoms with Crippen LogP contribution < -0.4 is 10.2 Å². The standard InChI is InChI=1S/C31H33N3O2/c1-5-22(4)24-12-14-25(15-13-24)30-18-28(27-8-6-7-9-29(27)33-30)31(35)34-32-19-23-10-16-26(17-11-23)36-20-21(2)3/h6-19,21-22H,5,20H2,1-4H3,(H,34,35)/t22-/m1/s1. The maximum Gasteiger partial charge on any atom is 0.272 e. The van der Waals surface area contributed by atoms with E-state index in [0.717, 1.165) is 39.9 Å². The molecule has 0 saturated heterocycles. The van der Waals surface area contributed by atoms with E-state index >= 15 is 0 Å². The van der Waals surface area contributed by atoms with Gasteiger partial charge in [-0.25, -0.2) is 10.4 Å². The Hall–Kier alpha value is -3.99. The lowest BCUT2D eigenvalue weighted by molar-refractivity contribution is 0.0956. The second-order valence-corrected chi connectivity index (χ2v) is 9.48. The molecule has 5 heteroatoms. The number of benzene rings is 3. The number of rotatable bonds is 9. The van der Waals surface area contributed by atoms with E-state index in [4.69, 9.17) is 9.72 Å². The Bertz CT molecular complexity index is 1340. The first kappa shape index (κ1) is 25.1. The minimum atomic E-state index is -0.279. The first-order valence-corrected chi connectivity index (χ1v) is 12.5. The summed E-state index contributed by atoms with van der Waals surface area (Å²) in [4.78, 5) is 18.0. The summed E-state index contributed by atoms with van der Waals surface area (Å²) in [5.41, 5.74) is 7.89. The first-order valence-electron chi connectivity index (χ1n) is 12.5. The molecule has 1 atom stereocenters. The monoisotopic (exact) mass is 479 g/mol. The van der Waals surface area contributed by atoms with Gasteiger partial charge in [0.25, 0.3) is 5.91 Å². The van der Waals surface area contributed by atoms with E-state index < -0.39 is 0 Å². The van der Waals surface area contributed by atoms with E-state index in [1.165, 1.54) is 5.56 Å². The van der Waals surface area contributed by atoms with Crippen molar-refractivity contribution >= 4 is 23.0 Å². The third-order valence-corrected chi connectivity index (χ3v) is 6.19. The molecule has 1 aromatic heterocycles. The zero-order valence-corrected chi connectivity index (χ0v) is 21.4. The van der Waals surface area contributed by atoms with Crippen LogP contribution in [0.1, 0.15) is 61.5 Å². The molecule has 4 rings (SSSR count). The Labute approximate surface area is 213 Å². The van der Waals surface area contributed by atoms with Crippen LogP contribution in [0.2, 0.25) is 0 Å². The summed E-state index contributed by atoms with van der Waals surface area (Å²) in [6.07, 6.45) is 2.72. The quantitative estimate of drug-likeness (QED) is 0.204. The number of hydrazone groups is 1. The molecule has 184 valence electrons. The molecule has 0 radical (unpaired) electrons. The van der Waals surface area contributed by atoms with Crippen LogP contribution in [-0.4, -0.2) is 23.7 Å². The van der Waals surface area contributed by atoms with Crippen LogP contribution in [0.15, 0.2) is 84.0 Å². The summed E-state index contributed by atoms with van der Waals surface area (Å²) in [6, 6.07) is 25.6. The van der Waals surface area contributed by atoms with Crippen LogP contribution in [-0.2, 0) is 0 Å². The maximum absolute atomic E-state index is 13.1. The molecule has 0 fully saturated rings. The van der Waals surface area contributed by atoms with Gasteiger partial charge in [-0.3, -0.25) is 4.79 Å². The molecule has 36 heavy (non-hydrogen) atoms. The number of carbonyl (C=O) groups excluding carboxylic acids is 1. The summed E-state index contributed by atoms with van der Waals surface area (Å²) in [5, 5.41) is 4.97. The normalized spacial score (nSPS) is 12.2. The van der Waals surface area contributed by atoms with Crippen molar-refractivity contribution in [1.29, 1.82) is 0 Å². The summed E-state index contributed by atoms with van der Waals surface area (Å²) >= 11 is 0. The van der Waals surface area contributed by atoms with Crippen LogP contribution in [0.5, 0.6) is 5.75 Å². The molecule has 0 spiro atoms. The van der Waals surface area contributed by atoms with Crippen LogP contribution in [0, 0.1) is 5.92 Å². The van der Waals surface area contributed by atoms with Crippen LogP contribution in [0.25, 0.3) is 22.2 Å². The van der Waals surface area contributed by atoms with E-state index in [2.05, 4.69) is 62.5 Å². The molecule has 1 N–H and O–H groups in total. The van der Waals surface area contributed by atoms with Gasteiger partial charge in [0.2, 0.25) is 0 Å². The van der Waals surface area contributed by atoms with Crippen molar-refractivity contribution in [2.24, 2.45) is 11.0 Å². The van der Waals surface area contributed by atoms with Crippen molar-refractivity contribution in [2.75, 3.05) is 6.61 Å². The average molecular weight is 480 g/mol. The molecule has 5 nitrogen and oxygen atoms in total. The number of para-hydroxylation sites is 1. The Morgan fingerprint density at radius 2 is 1.72 bits per heavy atom. The van der Waals surface area contributed by atoms with Gasteiger partial charge >= 0.3 is 0 Å². The van der Waals surface area contributed by atoms with Crippen molar-refractivity contribution in [1.82, 2.24) is 10.4 Å². The number of hydrogen-bond donors (Lipinski definition) is 1. The molecular weight excluding hydrogens is 446 g/mol. The second kappa shape index (κ2) is 11.6. The SMILES string of the molecule is CC[C@@H](C)c1ccc(-c2cc(C(=O)NN=Cc3ccc(OCC(C)C)cc3)c3ccccc3n2)cc1. The molecule has 1 heterocycles. The summed E-state index contributed by atoms with van der Waals surface area (Å²) in [5.74, 6) is 1.51. The Kier molecular flexibility index (Phi) is 8.11. The Morgan fingerprint density at radius 3 is 2.42 bits per heavy atom. The van der Waals surface area contributed by atoms with E-state index in [-0.39, 0.29) is 5.91 Å². The van der Waals surface area contributed by atoms with Crippen molar-refractivity contribution in [3.8, 4) is 17.0 Å². The van der Waals surface area contributed by atoms with Gasteiger partial charge in [-0.05, 0) is 65.8 Å². The minimum Gasteiger partial charge on any atom is -0.493 e. The lowest BCUT2D eigenvalue weighted by Gasteiger charge is -2.11. The van der Waals surface area contributed by atoms with Gasteiger partial charge in [-0.2, -0.15) is 5.10 Å². The largest absolute Gasteiger partial charge is 0.493 e. The lowest BCUT2D eigenvalue weighted by Crippen LogP contribution is -2.18. The van der Waals surface area contributed by atoms with Gasteiger partial charge in [0, 0.05) is 10.9 Å². The average Bonchev–Trinajstić information content (AvgIpc) is 2.91. The van der Waals surface area contributed by atoms with E-state index in [1.54, 1.807) is 6.21 Å².